The van der Waals surface area contributed by atoms with Crippen LogP contribution >= 0.6 is 0 Å². The summed E-state index contributed by atoms with van der Waals surface area (Å²) in [5.41, 5.74) is 1.66. The van der Waals surface area contributed by atoms with Gasteiger partial charge in [-0.25, -0.2) is 12.8 Å². The Morgan fingerprint density at radius 1 is 1.08 bits per heavy atom. The zero-order valence-electron chi connectivity index (χ0n) is 13.9. The van der Waals surface area contributed by atoms with Crippen LogP contribution in [0.25, 0.3) is 10.8 Å². The van der Waals surface area contributed by atoms with Crippen LogP contribution in [0.2, 0.25) is 0 Å². The fourth-order valence-corrected chi connectivity index (χ4v) is 4.40. The van der Waals surface area contributed by atoms with Crippen molar-refractivity contribution in [3.05, 3.63) is 66.0 Å². The number of amides is 1. The molecule has 0 atom stereocenters. The largest absolute Gasteiger partial charge is 0.308 e. The molecule has 1 heterocycles. The highest BCUT2D eigenvalue weighted by atomic mass is 32.2. The molecule has 3 aromatic rings. The van der Waals surface area contributed by atoms with Gasteiger partial charge in [-0.2, -0.15) is 0 Å². The van der Waals surface area contributed by atoms with Gasteiger partial charge in [0.1, 0.15) is 5.82 Å². The Bertz CT molecular complexity index is 1160. The number of sulfonamides is 1. The van der Waals surface area contributed by atoms with Crippen LogP contribution in [0.1, 0.15) is 17.3 Å². The van der Waals surface area contributed by atoms with Crippen molar-refractivity contribution in [3.63, 3.8) is 0 Å². The standard InChI is InChI=1S/C19H15FN2O3S/c1-2-22-17-10-9-16(14-7-4-8-15(18(14)17)19(22)23)21-26(24,25)13-6-3-5-12(20)11-13/h3-11,21H,2H2,1H3. The summed E-state index contributed by atoms with van der Waals surface area (Å²) in [7, 11) is -3.95. The summed E-state index contributed by atoms with van der Waals surface area (Å²) in [5.74, 6) is -0.726. The summed E-state index contributed by atoms with van der Waals surface area (Å²) >= 11 is 0. The fourth-order valence-electron chi connectivity index (χ4n) is 3.29. The van der Waals surface area contributed by atoms with Crippen molar-refractivity contribution in [1.29, 1.82) is 0 Å². The Kier molecular flexibility index (Phi) is 3.69. The molecule has 1 aliphatic rings. The Labute approximate surface area is 150 Å². The molecule has 132 valence electrons. The van der Waals surface area contributed by atoms with Crippen LogP contribution in [0.5, 0.6) is 0 Å². The van der Waals surface area contributed by atoms with E-state index < -0.39 is 15.8 Å². The second kappa shape index (κ2) is 5.81. The molecule has 0 aromatic heterocycles. The van der Waals surface area contributed by atoms with E-state index in [0.29, 0.717) is 23.2 Å². The van der Waals surface area contributed by atoms with Gasteiger partial charge in [-0.15, -0.1) is 0 Å². The molecule has 5 nitrogen and oxygen atoms in total. The van der Waals surface area contributed by atoms with Crippen molar-refractivity contribution < 1.29 is 17.6 Å². The second-order valence-electron chi connectivity index (χ2n) is 5.97. The third kappa shape index (κ3) is 2.43. The number of anilines is 2. The number of carbonyl (C=O) groups excluding carboxylic acids is 1. The first-order valence-electron chi connectivity index (χ1n) is 8.08. The molecule has 4 rings (SSSR count). The van der Waals surface area contributed by atoms with Crippen LogP contribution in [-0.2, 0) is 10.0 Å². The third-order valence-corrected chi connectivity index (χ3v) is 5.82. The van der Waals surface area contributed by atoms with Crippen LogP contribution in [0.3, 0.4) is 0 Å². The van der Waals surface area contributed by atoms with E-state index in [1.54, 1.807) is 35.2 Å². The lowest BCUT2D eigenvalue weighted by molar-refractivity contribution is 0.0994. The van der Waals surface area contributed by atoms with Crippen molar-refractivity contribution in [3.8, 4) is 0 Å². The average molecular weight is 370 g/mol. The van der Waals surface area contributed by atoms with Gasteiger partial charge in [0.25, 0.3) is 15.9 Å². The topological polar surface area (TPSA) is 66.5 Å². The van der Waals surface area contributed by atoms with Crippen LogP contribution < -0.4 is 9.62 Å². The van der Waals surface area contributed by atoms with Crippen LogP contribution in [0, 0.1) is 5.82 Å². The molecule has 26 heavy (non-hydrogen) atoms. The van der Waals surface area contributed by atoms with Crippen LogP contribution in [0.15, 0.2) is 59.5 Å². The molecule has 3 aromatic carbocycles. The van der Waals surface area contributed by atoms with E-state index in [9.17, 15) is 17.6 Å². The van der Waals surface area contributed by atoms with Crippen molar-refractivity contribution in [2.75, 3.05) is 16.2 Å². The summed E-state index contributed by atoms with van der Waals surface area (Å²) in [6.45, 7) is 2.41. The van der Waals surface area contributed by atoms with E-state index in [2.05, 4.69) is 4.72 Å². The predicted octanol–water partition coefficient (Wildman–Crippen LogP) is 3.76. The van der Waals surface area contributed by atoms with Crippen LogP contribution in [-0.4, -0.2) is 20.9 Å². The van der Waals surface area contributed by atoms with E-state index in [1.165, 1.54) is 18.2 Å². The van der Waals surface area contributed by atoms with Gasteiger partial charge < -0.3 is 4.90 Å². The maximum Gasteiger partial charge on any atom is 0.262 e. The minimum absolute atomic E-state index is 0.0989. The minimum Gasteiger partial charge on any atom is -0.308 e. The number of nitrogens with one attached hydrogen (secondary N) is 1. The van der Waals surface area contributed by atoms with Crippen molar-refractivity contribution in [2.45, 2.75) is 11.8 Å². The summed E-state index contributed by atoms with van der Waals surface area (Å²) in [4.78, 5) is 14.0. The smallest absolute Gasteiger partial charge is 0.262 e. The highest BCUT2D eigenvalue weighted by Crippen LogP contribution is 2.40. The first-order valence-corrected chi connectivity index (χ1v) is 9.56. The van der Waals surface area contributed by atoms with Gasteiger partial charge >= 0.3 is 0 Å². The van der Waals surface area contributed by atoms with Gasteiger partial charge in [-0.3, -0.25) is 9.52 Å². The minimum atomic E-state index is -3.95. The molecule has 0 bridgehead atoms. The number of hydrogen-bond acceptors (Lipinski definition) is 3. The number of carbonyl (C=O) groups is 1. The number of benzene rings is 3. The Hall–Kier alpha value is -2.93. The van der Waals surface area contributed by atoms with Gasteiger partial charge in [0.15, 0.2) is 0 Å². The molecule has 0 saturated heterocycles. The number of hydrogen-bond donors (Lipinski definition) is 1. The van der Waals surface area contributed by atoms with E-state index in [4.69, 9.17) is 0 Å². The first-order chi connectivity index (χ1) is 12.4. The molecule has 0 spiro atoms. The Morgan fingerprint density at radius 3 is 2.58 bits per heavy atom. The zero-order chi connectivity index (χ0) is 18.5. The maximum atomic E-state index is 13.4. The number of nitrogens with zero attached hydrogens (tertiary/aromatic N) is 1. The molecule has 7 heteroatoms. The third-order valence-electron chi connectivity index (χ3n) is 4.45. The number of rotatable bonds is 4. The molecule has 0 unspecified atom stereocenters. The molecular weight excluding hydrogens is 355 g/mol. The molecule has 1 N–H and O–H groups in total. The van der Waals surface area contributed by atoms with Gasteiger partial charge in [0.05, 0.1) is 16.3 Å². The molecule has 0 saturated carbocycles. The maximum absolute atomic E-state index is 13.4. The lowest BCUT2D eigenvalue weighted by atomic mass is 10.0. The zero-order valence-corrected chi connectivity index (χ0v) is 14.7. The molecule has 1 amide bonds. The highest BCUT2D eigenvalue weighted by Gasteiger charge is 2.29. The van der Waals surface area contributed by atoms with Crippen molar-refractivity contribution in [1.82, 2.24) is 0 Å². The number of halogens is 1. The van der Waals surface area contributed by atoms with E-state index in [0.717, 1.165) is 17.1 Å². The average Bonchev–Trinajstić information content (AvgIpc) is 2.90. The Balaban J connectivity index is 1.85. The predicted molar refractivity (Wildman–Crippen MR) is 98.5 cm³/mol. The molecule has 0 fully saturated rings. The van der Waals surface area contributed by atoms with Gasteiger partial charge in [0.2, 0.25) is 0 Å². The van der Waals surface area contributed by atoms with Gasteiger partial charge in [0, 0.05) is 22.9 Å². The SMILES string of the molecule is CCN1C(=O)c2cccc3c(NS(=O)(=O)c4cccc(F)c4)ccc1c23. The molecule has 1 aliphatic heterocycles. The normalized spacial score (nSPS) is 13.5. The summed E-state index contributed by atoms with van der Waals surface area (Å²) in [5, 5.41) is 1.35. The van der Waals surface area contributed by atoms with Gasteiger partial charge in [-0.1, -0.05) is 18.2 Å². The quantitative estimate of drug-likeness (QED) is 0.760. The van der Waals surface area contributed by atoms with Crippen LogP contribution in [0.4, 0.5) is 15.8 Å². The lowest BCUT2D eigenvalue weighted by Crippen LogP contribution is -2.25. The lowest BCUT2D eigenvalue weighted by Gasteiger charge is -2.16. The monoisotopic (exact) mass is 370 g/mol. The molecular formula is C19H15FN2O3S. The van der Waals surface area contributed by atoms with Gasteiger partial charge in [-0.05, 0) is 43.3 Å². The van der Waals surface area contributed by atoms with E-state index in [-0.39, 0.29) is 10.8 Å². The van der Waals surface area contributed by atoms with E-state index >= 15 is 0 Å². The molecule has 0 radical (unpaired) electrons. The summed E-state index contributed by atoms with van der Waals surface area (Å²) < 4.78 is 41.1. The fraction of sp³-hybridized carbons (Fsp3) is 0.105. The Morgan fingerprint density at radius 2 is 1.85 bits per heavy atom. The summed E-state index contributed by atoms with van der Waals surface area (Å²) in [6.07, 6.45) is 0. The van der Waals surface area contributed by atoms with Crippen molar-refractivity contribution >= 4 is 38.1 Å². The van der Waals surface area contributed by atoms with Crippen molar-refractivity contribution in [2.24, 2.45) is 0 Å². The first kappa shape index (κ1) is 16.5. The highest BCUT2D eigenvalue weighted by molar-refractivity contribution is 7.92. The second-order valence-corrected chi connectivity index (χ2v) is 7.66. The van der Waals surface area contributed by atoms with E-state index in [1.807, 2.05) is 6.92 Å². The molecule has 0 aliphatic carbocycles. The summed E-state index contributed by atoms with van der Waals surface area (Å²) in [6, 6.07) is 13.4.